The Hall–Kier alpha value is -3.22. The zero-order valence-corrected chi connectivity index (χ0v) is 13.1. The van der Waals surface area contributed by atoms with Crippen LogP contribution in [0, 0.1) is 0 Å². The highest BCUT2D eigenvalue weighted by atomic mass is 16.5. The minimum absolute atomic E-state index is 0.173. The average molecular weight is 327 g/mol. The number of nitrogens with zero attached hydrogens (tertiary/aromatic N) is 1. The first-order valence-corrected chi connectivity index (χ1v) is 7.35. The van der Waals surface area contributed by atoms with Gasteiger partial charge < -0.3 is 15.4 Å². The van der Waals surface area contributed by atoms with Gasteiger partial charge in [0, 0.05) is 18.1 Å². The number of anilines is 1. The van der Waals surface area contributed by atoms with Gasteiger partial charge in [-0.05, 0) is 43.3 Å². The van der Waals surface area contributed by atoms with Crippen LogP contribution >= 0.6 is 0 Å². The number of hydrogen-bond donors (Lipinski definition) is 2. The Kier molecular flexibility index (Phi) is 6.01. The number of aromatic nitrogens is 1. The van der Waals surface area contributed by atoms with Crippen molar-refractivity contribution >= 4 is 23.5 Å². The van der Waals surface area contributed by atoms with E-state index in [0.29, 0.717) is 23.4 Å². The number of nitrogens with one attached hydrogen (secondary N) is 2. The molecule has 24 heavy (non-hydrogen) atoms. The first kappa shape index (κ1) is 17.1. The van der Waals surface area contributed by atoms with Crippen LogP contribution in [-0.4, -0.2) is 35.9 Å². The lowest BCUT2D eigenvalue weighted by Crippen LogP contribution is -2.32. The summed E-state index contributed by atoms with van der Waals surface area (Å²) in [6.07, 6.45) is 2.98. The molecule has 0 saturated carbocycles. The van der Waals surface area contributed by atoms with Gasteiger partial charge in [0.05, 0.1) is 24.3 Å². The van der Waals surface area contributed by atoms with Gasteiger partial charge in [-0.15, -0.1) is 0 Å². The maximum absolute atomic E-state index is 11.8. The largest absolute Gasteiger partial charge is 0.462 e. The summed E-state index contributed by atoms with van der Waals surface area (Å²) in [6, 6.07) is 9.54. The van der Waals surface area contributed by atoms with Gasteiger partial charge in [0.15, 0.2) is 0 Å². The zero-order chi connectivity index (χ0) is 17.4. The van der Waals surface area contributed by atoms with Gasteiger partial charge in [-0.2, -0.15) is 0 Å². The van der Waals surface area contributed by atoms with Crippen LogP contribution in [0.5, 0.6) is 0 Å². The summed E-state index contributed by atoms with van der Waals surface area (Å²) in [5, 5.41) is 5.13. The van der Waals surface area contributed by atoms with Crippen LogP contribution in [0.1, 0.15) is 27.6 Å². The molecule has 2 aromatic rings. The summed E-state index contributed by atoms with van der Waals surface area (Å²) < 4.78 is 4.88. The van der Waals surface area contributed by atoms with E-state index >= 15 is 0 Å². The van der Waals surface area contributed by atoms with Crippen molar-refractivity contribution in [3.8, 4) is 0 Å². The molecule has 1 aromatic carbocycles. The highest BCUT2D eigenvalue weighted by Crippen LogP contribution is 2.10. The lowest BCUT2D eigenvalue weighted by Gasteiger charge is -2.08. The number of rotatable bonds is 6. The van der Waals surface area contributed by atoms with Gasteiger partial charge >= 0.3 is 5.97 Å². The maximum atomic E-state index is 11.8. The number of esters is 1. The van der Waals surface area contributed by atoms with E-state index in [1.165, 1.54) is 6.20 Å². The molecular weight excluding hydrogens is 310 g/mol. The Morgan fingerprint density at radius 1 is 1.08 bits per heavy atom. The van der Waals surface area contributed by atoms with Gasteiger partial charge in [0.25, 0.3) is 5.91 Å². The van der Waals surface area contributed by atoms with Gasteiger partial charge in [0.2, 0.25) is 5.91 Å². The Balaban J connectivity index is 1.84. The lowest BCUT2D eigenvalue weighted by molar-refractivity contribution is -0.115. The fourth-order valence-electron chi connectivity index (χ4n) is 1.87. The molecule has 124 valence electrons. The Morgan fingerprint density at radius 3 is 2.46 bits per heavy atom. The van der Waals surface area contributed by atoms with E-state index in [9.17, 15) is 14.4 Å². The predicted molar refractivity (Wildman–Crippen MR) is 87.6 cm³/mol. The molecule has 0 radical (unpaired) electrons. The first-order valence-electron chi connectivity index (χ1n) is 7.35. The van der Waals surface area contributed by atoms with Gasteiger partial charge in [-0.25, -0.2) is 4.79 Å². The number of hydrogen-bond acceptors (Lipinski definition) is 5. The fraction of sp³-hybridized carbons (Fsp3) is 0.176. The molecule has 2 rings (SSSR count). The van der Waals surface area contributed by atoms with Crippen LogP contribution in [0.2, 0.25) is 0 Å². The quantitative estimate of drug-likeness (QED) is 0.786. The van der Waals surface area contributed by atoms with Crippen molar-refractivity contribution < 1.29 is 19.1 Å². The van der Waals surface area contributed by atoms with E-state index in [1.54, 1.807) is 49.5 Å². The molecule has 0 aliphatic carbocycles. The highest BCUT2D eigenvalue weighted by Gasteiger charge is 2.09. The van der Waals surface area contributed by atoms with Crippen molar-refractivity contribution in [2.75, 3.05) is 18.5 Å². The molecule has 0 aliphatic heterocycles. The van der Waals surface area contributed by atoms with E-state index in [4.69, 9.17) is 4.74 Å². The van der Waals surface area contributed by atoms with E-state index in [0.717, 1.165) is 0 Å². The SMILES string of the molecule is CCOC(=O)c1ccc(NC(=O)CNC(=O)c2cccnc2)cc1. The number of benzene rings is 1. The van der Waals surface area contributed by atoms with Crippen molar-refractivity contribution in [2.45, 2.75) is 6.92 Å². The van der Waals surface area contributed by atoms with Crippen LogP contribution < -0.4 is 10.6 Å². The van der Waals surface area contributed by atoms with Crippen molar-refractivity contribution in [1.82, 2.24) is 10.3 Å². The van der Waals surface area contributed by atoms with Gasteiger partial charge in [-0.3, -0.25) is 14.6 Å². The molecule has 0 spiro atoms. The number of ether oxygens (including phenoxy) is 1. The fourth-order valence-corrected chi connectivity index (χ4v) is 1.87. The van der Waals surface area contributed by atoms with Crippen molar-refractivity contribution in [1.29, 1.82) is 0 Å². The van der Waals surface area contributed by atoms with Crippen molar-refractivity contribution in [2.24, 2.45) is 0 Å². The standard InChI is InChI=1S/C17H17N3O4/c1-2-24-17(23)12-5-7-14(8-6-12)20-15(21)11-19-16(22)13-4-3-9-18-10-13/h3-10H,2,11H2,1H3,(H,19,22)(H,20,21). The number of pyridine rings is 1. The predicted octanol–water partition coefficient (Wildman–Crippen LogP) is 1.63. The monoisotopic (exact) mass is 327 g/mol. The molecule has 1 heterocycles. The van der Waals surface area contributed by atoms with Crippen LogP contribution in [0.4, 0.5) is 5.69 Å². The second-order valence-corrected chi connectivity index (χ2v) is 4.77. The summed E-state index contributed by atoms with van der Waals surface area (Å²) in [7, 11) is 0. The third-order valence-corrected chi connectivity index (χ3v) is 3.01. The first-order chi connectivity index (χ1) is 11.6. The van der Waals surface area contributed by atoms with Crippen LogP contribution in [0.15, 0.2) is 48.8 Å². The van der Waals surface area contributed by atoms with Crippen LogP contribution in [0.3, 0.4) is 0 Å². The van der Waals surface area contributed by atoms with E-state index in [-0.39, 0.29) is 18.4 Å². The summed E-state index contributed by atoms with van der Waals surface area (Å²) in [5.41, 5.74) is 1.30. The third kappa shape index (κ3) is 4.91. The molecule has 2 N–H and O–H groups in total. The number of carbonyl (C=O) groups is 3. The smallest absolute Gasteiger partial charge is 0.338 e. The molecule has 2 amide bonds. The van der Waals surface area contributed by atoms with Gasteiger partial charge in [-0.1, -0.05) is 0 Å². The van der Waals surface area contributed by atoms with Gasteiger partial charge in [0.1, 0.15) is 0 Å². The Bertz CT molecular complexity index is 714. The van der Waals surface area contributed by atoms with E-state index < -0.39 is 5.97 Å². The minimum Gasteiger partial charge on any atom is -0.462 e. The minimum atomic E-state index is -0.417. The lowest BCUT2D eigenvalue weighted by atomic mass is 10.2. The molecule has 7 heteroatoms. The highest BCUT2D eigenvalue weighted by molar-refractivity contribution is 5.99. The summed E-state index contributed by atoms with van der Waals surface area (Å²) in [5.74, 6) is -1.17. The molecule has 0 bridgehead atoms. The Labute approximate surface area is 139 Å². The molecule has 0 atom stereocenters. The molecule has 0 aliphatic rings. The van der Waals surface area contributed by atoms with Crippen LogP contribution in [0.25, 0.3) is 0 Å². The van der Waals surface area contributed by atoms with Crippen molar-refractivity contribution in [3.63, 3.8) is 0 Å². The third-order valence-electron chi connectivity index (χ3n) is 3.01. The summed E-state index contributed by atoms with van der Waals surface area (Å²) in [6.45, 7) is 1.85. The maximum Gasteiger partial charge on any atom is 0.338 e. The van der Waals surface area contributed by atoms with E-state index in [2.05, 4.69) is 15.6 Å². The second kappa shape index (κ2) is 8.42. The Morgan fingerprint density at radius 2 is 1.83 bits per heavy atom. The van der Waals surface area contributed by atoms with Crippen LogP contribution in [-0.2, 0) is 9.53 Å². The molecule has 1 aromatic heterocycles. The topological polar surface area (TPSA) is 97.4 Å². The second-order valence-electron chi connectivity index (χ2n) is 4.77. The summed E-state index contributed by atoms with van der Waals surface area (Å²) in [4.78, 5) is 39.0. The number of amides is 2. The molecule has 0 unspecified atom stereocenters. The zero-order valence-electron chi connectivity index (χ0n) is 13.1. The van der Waals surface area contributed by atoms with Crippen molar-refractivity contribution in [3.05, 3.63) is 59.9 Å². The molecular formula is C17H17N3O4. The summed E-state index contributed by atoms with van der Waals surface area (Å²) >= 11 is 0. The van der Waals surface area contributed by atoms with E-state index in [1.807, 2.05) is 0 Å². The average Bonchev–Trinajstić information content (AvgIpc) is 2.61. The molecule has 0 fully saturated rings. The molecule has 7 nitrogen and oxygen atoms in total. The number of carbonyl (C=O) groups excluding carboxylic acids is 3. The molecule has 0 saturated heterocycles. The normalized spacial score (nSPS) is 9.88.